The maximum atomic E-state index is 12.1. The van der Waals surface area contributed by atoms with Gasteiger partial charge in [0, 0.05) is 18.2 Å². The standard InChI is InChI=1S/C11H15ClN2O3S/c12-8-1-2-11(10(13)7-8)14-18(15,16)9-3-5-17-6-4-9/h1-2,7,9,14H,3-6,13H2. The van der Waals surface area contributed by atoms with Gasteiger partial charge in [-0.1, -0.05) is 11.6 Å². The second-order valence-corrected chi connectivity index (χ2v) is 6.59. The van der Waals surface area contributed by atoms with Crippen LogP contribution < -0.4 is 10.5 Å². The Bertz CT molecular complexity index is 527. The number of nitrogen functional groups attached to an aromatic ring is 1. The first-order valence-electron chi connectivity index (χ1n) is 5.63. The topological polar surface area (TPSA) is 81.4 Å². The second-order valence-electron chi connectivity index (χ2n) is 4.19. The fourth-order valence-corrected chi connectivity index (χ4v) is 3.50. The number of rotatable bonds is 3. The molecule has 0 bridgehead atoms. The van der Waals surface area contributed by atoms with Crippen LogP contribution in [-0.4, -0.2) is 26.9 Å². The average molecular weight is 291 g/mol. The Morgan fingerprint density at radius 1 is 1.33 bits per heavy atom. The third-order valence-electron chi connectivity index (χ3n) is 2.87. The Labute approximate surface area is 111 Å². The molecule has 3 N–H and O–H groups in total. The number of nitrogens with two attached hydrogens (primary N) is 1. The summed E-state index contributed by atoms with van der Waals surface area (Å²) in [6.45, 7) is 0.948. The summed E-state index contributed by atoms with van der Waals surface area (Å²) in [4.78, 5) is 0. The molecule has 100 valence electrons. The quantitative estimate of drug-likeness (QED) is 0.832. The number of nitrogens with one attached hydrogen (secondary N) is 1. The Balaban J connectivity index is 2.16. The van der Waals surface area contributed by atoms with Crippen LogP contribution in [0.25, 0.3) is 0 Å². The number of anilines is 2. The fourth-order valence-electron chi connectivity index (χ4n) is 1.85. The van der Waals surface area contributed by atoms with Gasteiger partial charge in [-0.05, 0) is 31.0 Å². The minimum Gasteiger partial charge on any atom is -0.397 e. The maximum absolute atomic E-state index is 12.1. The monoisotopic (exact) mass is 290 g/mol. The van der Waals surface area contributed by atoms with Crippen LogP contribution in [0, 0.1) is 0 Å². The number of benzene rings is 1. The third kappa shape index (κ3) is 3.07. The van der Waals surface area contributed by atoms with E-state index in [1.54, 1.807) is 12.1 Å². The highest BCUT2D eigenvalue weighted by Crippen LogP contribution is 2.26. The minimum atomic E-state index is -3.42. The van der Waals surface area contributed by atoms with Gasteiger partial charge < -0.3 is 10.5 Å². The normalized spacial score (nSPS) is 17.6. The molecule has 1 aliphatic heterocycles. The zero-order valence-electron chi connectivity index (χ0n) is 9.73. The van der Waals surface area contributed by atoms with Crippen LogP contribution in [0.3, 0.4) is 0 Å². The van der Waals surface area contributed by atoms with Gasteiger partial charge in [0.1, 0.15) is 0 Å². The number of halogens is 1. The average Bonchev–Trinajstić information content (AvgIpc) is 2.34. The summed E-state index contributed by atoms with van der Waals surface area (Å²) < 4.78 is 31.9. The molecule has 1 heterocycles. The van der Waals surface area contributed by atoms with Gasteiger partial charge >= 0.3 is 0 Å². The van der Waals surface area contributed by atoms with Crippen molar-refractivity contribution in [1.82, 2.24) is 0 Å². The summed E-state index contributed by atoms with van der Waals surface area (Å²) in [5.41, 5.74) is 6.41. The Morgan fingerprint density at radius 3 is 2.61 bits per heavy atom. The SMILES string of the molecule is Nc1cc(Cl)ccc1NS(=O)(=O)C1CCOCC1. The molecule has 18 heavy (non-hydrogen) atoms. The molecule has 0 aromatic heterocycles. The van der Waals surface area contributed by atoms with Crippen molar-refractivity contribution in [2.45, 2.75) is 18.1 Å². The van der Waals surface area contributed by atoms with Crippen molar-refractivity contribution in [1.29, 1.82) is 0 Å². The van der Waals surface area contributed by atoms with Crippen molar-refractivity contribution in [3.05, 3.63) is 23.2 Å². The van der Waals surface area contributed by atoms with Crippen molar-refractivity contribution < 1.29 is 13.2 Å². The smallest absolute Gasteiger partial charge is 0.235 e. The molecular formula is C11H15ClN2O3S. The van der Waals surface area contributed by atoms with Crippen LogP contribution >= 0.6 is 11.6 Å². The lowest BCUT2D eigenvalue weighted by Gasteiger charge is -2.23. The van der Waals surface area contributed by atoms with E-state index in [2.05, 4.69) is 4.72 Å². The van der Waals surface area contributed by atoms with Gasteiger partial charge in [0.15, 0.2) is 0 Å². The Hall–Kier alpha value is -0.980. The molecular weight excluding hydrogens is 276 g/mol. The van der Waals surface area contributed by atoms with E-state index < -0.39 is 15.3 Å². The van der Waals surface area contributed by atoms with E-state index >= 15 is 0 Å². The fraction of sp³-hybridized carbons (Fsp3) is 0.455. The summed E-state index contributed by atoms with van der Waals surface area (Å²) in [6, 6.07) is 4.68. The summed E-state index contributed by atoms with van der Waals surface area (Å²) in [5.74, 6) is 0. The predicted octanol–water partition coefficient (Wildman–Crippen LogP) is 1.84. The highest BCUT2D eigenvalue weighted by atomic mass is 35.5. The third-order valence-corrected chi connectivity index (χ3v) is 4.96. The van der Waals surface area contributed by atoms with Gasteiger partial charge in [-0.25, -0.2) is 8.42 Å². The molecule has 1 aromatic rings. The van der Waals surface area contributed by atoms with Gasteiger partial charge in [-0.15, -0.1) is 0 Å². The Kier molecular flexibility index (Phi) is 3.99. The molecule has 0 unspecified atom stereocenters. The summed E-state index contributed by atoms with van der Waals surface area (Å²) in [7, 11) is -3.42. The number of ether oxygens (including phenoxy) is 1. The molecule has 0 saturated carbocycles. The van der Waals surface area contributed by atoms with Gasteiger partial charge in [-0.2, -0.15) is 0 Å². The van der Waals surface area contributed by atoms with E-state index in [0.717, 1.165) is 0 Å². The number of hydrogen-bond acceptors (Lipinski definition) is 4. The molecule has 1 aromatic carbocycles. The molecule has 1 aliphatic rings. The largest absolute Gasteiger partial charge is 0.397 e. The first-order chi connectivity index (χ1) is 8.49. The molecule has 0 aliphatic carbocycles. The van der Waals surface area contributed by atoms with Crippen molar-refractivity contribution in [3.63, 3.8) is 0 Å². The summed E-state index contributed by atoms with van der Waals surface area (Å²) in [5, 5.41) is 0.0443. The van der Waals surface area contributed by atoms with Crippen LogP contribution in [-0.2, 0) is 14.8 Å². The lowest BCUT2D eigenvalue weighted by molar-refractivity contribution is 0.0984. The van der Waals surface area contributed by atoms with Crippen molar-refractivity contribution in [3.8, 4) is 0 Å². The van der Waals surface area contributed by atoms with Crippen molar-refractivity contribution in [2.75, 3.05) is 23.7 Å². The van der Waals surface area contributed by atoms with Gasteiger partial charge in [0.05, 0.1) is 16.6 Å². The molecule has 0 amide bonds. The molecule has 1 saturated heterocycles. The molecule has 0 atom stereocenters. The van der Waals surface area contributed by atoms with Gasteiger partial charge in [-0.3, -0.25) is 4.72 Å². The number of hydrogen-bond donors (Lipinski definition) is 2. The van der Waals surface area contributed by atoms with Crippen LogP contribution in [0.15, 0.2) is 18.2 Å². The highest BCUT2D eigenvalue weighted by molar-refractivity contribution is 7.93. The zero-order valence-corrected chi connectivity index (χ0v) is 11.3. The first kappa shape index (κ1) is 13.5. The van der Waals surface area contributed by atoms with Crippen LogP contribution in [0.2, 0.25) is 5.02 Å². The van der Waals surface area contributed by atoms with Gasteiger partial charge in [0.25, 0.3) is 0 Å². The lowest BCUT2D eigenvalue weighted by Crippen LogP contribution is -2.33. The molecule has 5 nitrogen and oxygen atoms in total. The molecule has 0 radical (unpaired) electrons. The molecule has 1 fully saturated rings. The summed E-state index contributed by atoms with van der Waals surface area (Å²) in [6.07, 6.45) is 1.01. The van der Waals surface area contributed by atoms with E-state index in [1.165, 1.54) is 6.07 Å². The predicted molar refractivity (Wildman–Crippen MR) is 72.2 cm³/mol. The van der Waals surface area contributed by atoms with Crippen LogP contribution in [0.4, 0.5) is 11.4 Å². The van der Waals surface area contributed by atoms with E-state index in [1.807, 2.05) is 0 Å². The molecule has 2 rings (SSSR count). The molecule has 7 heteroatoms. The van der Waals surface area contributed by atoms with E-state index in [4.69, 9.17) is 22.1 Å². The van der Waals surface area contributed by atoms with Crippen molar-refractivity contribution >= 4 is 33.0 Å². The highest BCUT2D eigenvalue weighted by Gasteiger charge is 2.28. The van der Waals surface area contributed by atoms with Crippen LogP contribution in [0.1, 0.15) is 12.8 Å². The van der Waals surface area contributed by atoms with Crippen LogP contribution in [0.5, 0.6) is 0 Å². The van der Waals surface area contributed by atoms with E-state index in [0.29, 0.717) is 42.5 Å². The van der Waals surface area contributed by atoms with E-state index in [9.17, 15) is 8.42 Å². The first-order valence-corrected chi connectivity index (χ1v) is 7.56. The number of sulfonamides is 1. The van der Waals surface area contributed by atoms with Crippen molar-refractivity contribution in [2.24, 2.45) is 0 Å². The Morgan fingerprint density at radius 2 is 2.00 bits per heavy atom. The maximum Gasteiger partial charge on any atom is 0.235 e. The molecule has 0 spiro atoms. The van der Waals surface area contributed by atoms with Gasteiger partial charge in [0.2, 0.25) is 10.0 Å². The second kappa shape index (κ2) is 5.34. The minimum absolute atomic E-state index is 0.318. The lowest BCUT2D eigenvalue weighted by atomic mass is 10.2. The van der Waals surface area contributed by atoms with E-state index in [-0.39, 0.29) is 0 Å². The zero-order chi connectivity index (χ0) is 13.2. The summed E-state index contributed by atoms with van der Waals surface area (Å²) >= 11 is 5.76.